The molecule has 5 nitrogen and oxygen atoms in total. The van der Waals surface area contributed by atoms with Crippen molar-refractivity contribution in [1.82, 2.24) is 4.90 Å². The zero-order chi connectivity index (χ0) is 15.4. The number of carboxylic acid groups (broad SMARTS) is 1. The lowest BCUT2D eigenvalue weighted by molar-refractivity contribution is -0.141. The van der Waals surface area contributed by atoms with Crippen LogP contribution < -0.4 is 5.32 Å². The number of likely N-dealkylation sites (tertiary alicyclic amines) is 1. The van der Waals surface area contributed by atoms with Crippen LogP contribution in [0.15, 0.2) is 24.3 Å². The van der Waals surface area contributed by atoms with Gasteiger partial charge in [0.15, 0.2) is 0 Å². The lowest BCUT2D eigenvalue weighted by Gasteiger charge is -2.15. The van der Waals surface area contributed by atoms with Gasteiger partial charge in [-0.2, -0.15) is 0 Å². The normalized spacial score (nSPS) is 18.0. The minimum Gasteiger partial charge on any atom is -0.481 e. The number of amides is 1. The highest BCUT2D eigenvalue weighted by Gasteiger charge is 2.28. The van der Waals surface area contributed by atoms with Crippen molar-refractivity contribution in [1.29, 1.82) is 0 Å². The fourth-order valence-electron chi connectivity index (χ4n) is 2.53. The number of rotatable bonds is 5. The van der Waals surface area contributed by atoms with Crippen molar-refractivity contribution in [2.75, 3.05) is 25.0 Å². The molecule has 1 fully saturated rings. The van der Waals surface area contributed by atoms with Gasteiger partial charge >= 0.3 is 5.97 Å². The first kappa shape index (κ1) is 18.5. The highest BCUT2D eigenvalue weighted by atomic mass is 35.5. The lowest BCUT2D eigenvalue weighted by Crippen LogP contribution is -2.32. The van der Waals surface area contributed by atoms with E-state index in [1.165, 1.54) is 5.56 Å². The molecule has 0 aromatic heterocycles. The third kappa shape index (κ3) is 5.00. The van der Waals surface area contributed by atoms with E-state index in [1.807, 2.05) is 29.2 Å². The second-order valence-corrected chi connectivity index (χ2v) is 5.88. The van der Waals surface area contributed by atoms with Crippen LogP contribution in [0, 0.1) is 5.92 Å². The summed E-state index contributed by atoms with van der Waals surface area (Å²) in [5.41, 5.74) is 2.01. The molecule has 2 N–H and O–H groups in total. The molecule has 1 aromatic carbocycles. The molecule has 0 radical (unpaired) electrons. The maximum absolute atomic E-state index is 12.0. The summed E-state index contributed by atoms with van der Waals surface area (Å²) < 4.78 is 0. The Morgan fingerprint density at radius 1 is 1.32 bits per heavy atom. The first-order valence-corrected chi connectivity index (χ1v) is 7.30. The molecule has 6 heteroatoms. The van der Waals surface area contributed by atoms with Crippen molar-refractivity contribution < 1.29 is 14.7 Å². The number of benzene rings is 1. The molecule has 122 valence electrons. The standard InChI is InChI=1S/C16H22N2O3.ClH/c1-11(2)12-3-5-14(6-4-12)17-15(19)10-18-8-7-13(9-18)16(20)21;/h3-6,11,13H,7-10H2,1-2H3,(H,17,19)(H,20,21);1H. The fourth-order valence-corrected chi connectivity index (χ4v) is 2.53. The first-order valence-electron chi connectivity index (χ1n) is 7.30. The van der Waals surface area contributed by atoms with E-state index in [4.69, 9.17) is 5.11 Å². The molecule has 1 aliphatic rings. The zero-order valence-electron chi connectivity index (χ0n) is 12.9. The van der Waals surface area contributed by atoms with E-state index in [0.29, 0.717) is 25.4 Å². The number of nitrogens with one attached hydrogen (secondary N) is 1. The molecule has 1 aliphatic heterocycles. The number of hydrogen-bond acceptors (Lipinski definition) is 3. The number of carbonyl (C=O) groups excluding carboxylic acids is 1. The monoisotopic (exact) mass is 326 g/mol. The molecule has 1 amide bonds. The quantitative estimate of drug-likeness (QED) is 0.872. The smallest absolute Gasteiger partial charge is 0.307 e. The van der Waals surface area contributed by atoms with Crippen LogP contribution in [0.5, 0.6) is 0 Å². The van der Waals surface area contributed by atoms with E-state index in [2.05, 4.69) is 19.2 Å². The lowest BCUT2D eigenvalue weighted by atomic mass is 10.0. The Bertz CT molecular complexity index is 517. The molecular weight excluding hydrogens is 304 g/mol. The number of halogens is 1. The number of carbonyl (C=O) groups is 2. The Labute approximate surface area is 137 Å². The maximum Gasteiger partial charge on any atom is 0.307 e. The number of aliphatic carboxylic acids is 1. The predicted molar refractivity (Wildman–Crippen MR) is 88.6 cm³/mol. The summed E-state index contributed by atoms with van der Waals surface area (Å²) in [4.78, 5) is 24.7. The second-order valence-electron chi connectivity index (χ2n) is 5.88. The SMILES string of the molecule is CC(C)c1ccc(NC(=O)CN2CCC(C(=O)O)C2)cc1.Cl. The molecule has 2 rings (SSSR count). The van der Waals surface area contributed by atoms with E-state index in [9.17, 15) is 9.59 Å². The Hall–Kier alpha value is -1.59. The Kier molecular flexibility index (Phi) is 6.84. The van der Waals surface area contributed by atoms with Gasteiger partial charge in [0, 0.05) is 12.2 Å². The van der Waals surface area contributed by atoms with Crippen molar-refractivity contribution >= 4 is 30.0 Å². The number of hydrogen-bond donors (Lipinski definition) is 2. The van der Waals surface area contributed by atoms with E-state index in [0.717, 1.165) is 5.69 Å². The summed E-state index contributed by atoms with van der Waals surface area (Å²) in [5, 5.41) is 11.8. The molecule has 1 saturated heterocycles. The van der Waals surface area contributed by atoms with Gasteiger partial charge in [-0.3, -0.25) is 14.5 Å². The topological polar surface area (TPSA) is 69.6 Å². The van der Waals surface area contributed by atoms with Crippen LogP contribution in [0.4, 0.5) is 5.69 Å². The van der Waals surface area contributed by atoms with Crippen molar-refractivity contribution in [3.63, 3.8) is 0 Å². The van der Waals surface area contributed by atoms with Crippen molar-refractivity contribution in [2.45, 2.75) is 26.2 Å². The van der Waals surface area contributed by atoms with Gasteiger partial charge in [-0.1, -0.05) is 26.0 Å². The fraction of sp³-hybridized carbons (Fsp3) is 0.500. The summed E-state index contributed by atoms with van der Waals surface area (Å²) in [6.07, 6.45) is 0.617. The van der Waals surface area contributed by atoms with Gasteiger partial charge in [-0.25, -0.2) is 0 Å². The summed E-state index contributed by atoms with van der Waals surface area (Å²) in [5.74, 6) is -0.754. The molecular formula is C16H23ClN2O3. The maximum atomic E-state index is 12.0. The van der Waals surface area contributed by atoms with Gasteiger partial charge in [0.05, 0.1) is 12.5 Å². The van der Waals surface area contributed by atoms with Crippen LogP contribution in [0.25, 0.3) is 0 Å². The predicted octanol–water partition coefficient (Wildman–Crippen LogP) is 2.58. The van der Waals surface area contributed by atoms with Gasteiger partial charge in [0.1, 0.15) is 0 Å². The first-order chi connectivity index (χ1) is 9.95. The molecule has 0 bridgehead atoms. The molecule has 0 aliphatic carbocycles. The highest BCUT2D eigenvalue weighted by molar-refractivity contribution is 5.92. The van der Waals surface area contributed by atoms with Crippen LogP contribution in [-0.2, 0) is 9.59 Å². The molecule has 0 saturated carbocycles. The van der Waals surface area contributed by atoms with Crippen LogP contribution in [0.1, 0.15) is 31.7 Å². The third-order valence-corrected chi connectivity index (χ3v) is 3.85. The van der Waals surface area contributed by atoms with E-state index in [-0.39, 0.29) is 30.8 Å². The Morgan fingerprint density at radius 3 is 2.45 bits per heavy atom. The molecule has 22 heavy (non-hydrogen) atoms. The second kappa shape index (κ2) is 8.15. The third-order valence-electron chi connectivity index (χ3n) is 3.85. The number of carboxylic acids is 1. The number of anilines is 1. The molecule has 1 aromatic rings. The van der Waals surface area contributed by atoms with Crippen LogP contribution in [-0.4, -0.2) is 41.5 Å². The Morgan fingerprint density at radius 2 is 1.95 bits per heavy atom. The highest BCUT2D eigenvalue weighted by Crippen LogP contribution is 2.18. The summed E-state index contributed by atoms with van der Waals surface area (Å²) in [6.45, 7) is 5.61. The van der Waals surface area contributed by atoms with Crippen molar-refractivity contribution in [3.05, 3.63) is 29.8 Å². The van der Waals surface area contributed by atoms with E-state index in [1.54, 1.807) is 0 Å². The van der Waals surface area contributed by atoms with Crippen molar-refractivity contribution in [2.24, 2.45) is 5.92 Å². The molecule has 0 spiro atoms. The molecule has 1 heterocycles. The van der Waals surface area contributed by atoms with Crippen molar-refractivity contribution in [3.8, 4) is 0 Å². The zero-order valence-corrected chi connectivity index (χ0v) is 13.7. The summed E-state index contributed by atoms with van der Waals surface area (Å²) in [7, 11) is 0. The summed E-state index contributed by atoms with van der Waals surface area (Å²) in [6, 6.07) is 7.82. The van der Waals surface area contributed by atoms with Gasteiger partial charge in [0.25, 0.3) is 0 Å². The molecule has 1 unspecified atom stereocenters. The minimum atomic E-state index is -0.776. The average Bonchev–Trinajstić information content (AvgIpc) is 2.87. The minimum absolute atomic E-state index is 0. The van der Waals surface area contributed by atoms with Crippen LogP contribution in [0.3, 0.4) is 0 Å². The van der Waals surface area contributed by atoms with Gasteiger partial charge in [0.2, 0.25) is 5.91 Å². The summed E-state index contributed by atoms with van der Waals surface area (Å²) >= 11 is 0. The Balaban J connectivity index is 0.00000242. The largest absolute Gasteiger partial charge is 0.481 e. The van der Waals surface area contributed by atoms with Crippen LogP contribution >= 0.6 is 12.4 Å². The van der Waals surface area contributed by atoms with Gasteiger partial charge in [-0.05, 0) is 36.6 Å². The molecule has 1 atom stereocenters. The van der Waals surface area contributed by atoms with E-state index < -0.39 is 5.97 Å². The number of nitrogens with zero attached hydrogens (tertiary/aromatic N) is 1. The van der Waals surface area contributed by atoms with Gasteiger partial charge < -0.3 is 10.4 Å². The average molecular weight is 327 g/mol. The van der Waals surface area contributed by atoms with Crippen LogP contribution in [0.2, 0.25) is 0 Å². The van der Waals surface area contributed by atoms with E-state index >= 15 is 0 Å². The van der Waals surface area contributed by atoms with Gasteiger partial charge in [-0.15, -0.1) is 12.4 Å².